The quantitative estimate of drug-likeness (QED) is 0.833. The monoisotopic (exact) mass is 349 g/mol. The number of rotatable bonds is 2. The van der Waals surface area contributed by atoms with Crippen molar-refractivity contribution in [1.82, 2.24) is 0 Å². The van der Waals surface area contributed by atoms with Crippen LogP contribution in [0.4, 0.5) is 5.69 Å². The molecule has 5 heteroatoms. The van der Waals surface area contributed by atoms with E-state index in [9.17, 15) is 9.59 Å². The number of ketones is 1. The lowest BCUT2D eigenvalue weighted by atomic mass is 9.85. The maximum absolute atomic E-state index is 12.4. The number of thiophene rings is 1. The van der Waals surface area contributed by atoms with Gasteiger partial charge in [0.1, 0.15) is 0 Å². The van der Waals surface area contributed by atoms with Gasteiger partial charge < -0.3 is 5.32 Å². The van der Waals surface area contributed by atoms with Gasteiger partial charge in [-0.15, -0.1) is 11.3 Å². The van der Waals surface area contributed by atoms with Gasteiger partial charge in [0.2, 0.25) is 11.7 Å². The van der Waals surface area contributed by atoms with Crippen LogP contribution in [0.3, 0.4) is 0 Å². The van der Waals surface area contributed by atoms with Gasteiger partial charge in [-0.1, -0.05) is 0 Å². The Morgan fingerprint density at radius 3 is 2.65 bits per heavy atom. The van der Waals surface area contributed by atoms with Crippen LogP contribution in [0.15, 0.2) is 34.1 Å². The van der Waals surface area contributed by atoms with E-state index in [0.29, 0.717) is 10.4 Å². The van der Waals surface area contributed by atoms with Crippen LogP contribution < -0.4 is 5.32 Å². The highest BCUT2D eigenvalue weighted by molar-refractivity contribution is 9.11. The summed E-state index contributed by atoms with van der Waals surface area (Å²) in [6, 6.07) is 9.05. The topological polar surface area (TPSA) is 46.2 Å². The number of fused-ring (bicyclic) bond motifs is 1. The fraction of sp³-hybridized carbons (Fsp3) is 0.200. The molecule has 3 rings (SSSR count). The van der Waals surface area contributed by atoms with Crippen LogP contribution in [0.5, 0.6) is 0 Å². The number of carbonyl (C=O) groups excluding carboxylic acids is 2. The first kappa shape index (κ1) is 13.5. The first-order valence-electron chi connectivity index (χ1n) is 6.15. The molecule has 20 heavy (non-hydrogen) atoms. The standard InChI is InChI=1S/C15H12BrNO2S/c1-15(2)9-7-8(3-4-10(9)17-14(15)19)13(18)11-5-6-12(16)20-11/h3-7H,1-2H3,(H,17,19). The van der Waals surface area contributed by atoms with Crippen molar-refractivity contribution in [3.63, 3.8) is 0 Å². The van der Waals surface area contributed by atoms with E-state index in [4.69, 9.17) is 0 Å². The Morgan fingerprint density at radius 1 is 1.25 bits per heavy atom. The molecular weight excluding hydrogens is 338 g/mol. The van der Waals surface area contributed by atoms with E-state index in [2.05, 4.69) is 21.2 Å². The Hall–Kier alpha value is -1.46. The third kappa shape index (κ3) is 2.01. The average Bonchev–Trinajstić information content (AvgIpc) is 2.92. The van der Waals surface area contributed by atoms with Crippen molar-refractivity contribution in [2.75, 3.05) is 5.32 Å². The second kappa shape index (κ2) is 4.53. The maximum Gasteiger partial charge on any atom is 0.234 e. The highest BCUT2D eigenvalue weighted by Crippen LogP contribution is 2.38. The molecule has 102 valence electrons. The summed E-state index contributed by atoms with van der Waals surface area (Å²) in [6.07, 6.45) is 0. The summed E-state index contributed by atoms with van der Waals surface area (Å²) in [5.74, 6) is -0.0467. The number of hydrogen-bond acceptors (Lipinski definition) is 3. The SMILES string of the molecule is CC1(C)C(=O)Nc2ccc(C(=O)c3ccc(Br)s3)cc21. The molecule has 0 saturated carbocycles. The Labute approximate surface area is 129 Å². The van der Waals surface area contributed by atoms with Gasteiger partial charge in [-0.05, 0) is 65.7 Å². The first-order valence-corrected chi connectivity index (χ1v) is 7.76. The molecular formula is C15H12BrNO2S. The molecule has 0 fully saturated rings. The van der Waals surface area contributed by atoms with E-state index in [1.165, 1.54) is 11.3 Å². The van der Waals surface area contributed by atoms with Crippen LogP contribution in [-0.2, 0) is 10.2 Å². The molecule has 2 aromatic rings. The molecule has 1 N–H and O–H groups in total. The second-order valence-corrected chi connectivity index (χ2v) is 7.74. The van der Waals surface area contributed by atoms with Crippen LogP contribution in [-0.4, -0.2) is 11.7 Å². The van der Waals surface area contributed by atoms with Gasteiger partial charge in [0, 0.05) is 11.3 Å². The van der Waals surface area contributed by atoms with Crippen molar-refractivity contribution >= 4 is 44.6 Å². The van der Waals surface area contributed by atoms with Gasteiger partial charge in [0.15, 0.2) is 0 Å². The van der Waals surface area contributed by atoms with Crippen LogP contribution in [0.2, 0.25) is 0 Å². The number of hydrogen-bond donors (Lipinski definition) is 1. The zero-order valence-electron chi connectivity index (χ0n) is 11.0. The Bertz CT molecular complexity index is 733. The van der Waals surface area contributed by atoms with Gasteiger partial charge in [-0.2, -0.15) is 0 Å². The lowest BCUT2D eigenvalue weighted by molar-refractivity contribution is -0.119. The highest BCUT2D eigenvalue weighted by Gasteiger charge is 2.38. The number of nitrogens with one attached hydrogen (secondary N) is 1. The normalized spacial score (nSPS) is 15.8. The van der Waals surface area contributed by atoms with E-state index in [1.807, 2.05) is 26.0 Å². The highest BCUT2D eigenvalue weighted by atomic mass is 79.9. The molecule has 1 aromatic heterocycles. The van der Waals surface area contributed by atoms with Crippen molar-refractivity contribution < 1.29 is 9.59 Å². The van der Waals surface area contributed by atoms with Crippen molar-refractivity contribution in [2.45, 2.75) is 19.3 Å². The molecule has 1 aromatic carbocycles. The zero-order chi connectivity index (χ0) is 14.5. The van der Waals surface area contributed by atoms with E-state index < -0.39 is 5.41 Å². The van der Waals surface area contributed by atoms with Crippen LogP contribution in [0, 0.1) is 0 Å². The Balaban J connectivity index is 2.04. The molecule has 1 amide bonds. The van der Waals surface area contributed by atoms with Gasteiger partial charge >= 0.3 is 0 Å². The number of carbonyl (C=O) groups is 2. The molecule has 2 heterocycles. The lowest BCUT2D eigenvalue weighted by Gasteiger charge is -2.15. The fourth-order valence-electron chi connectivity index (χ4n) is 2.29. The Kier molecular flexibility index (Phi) is 3.06. The summed E-state index contributed by atoms with van der Waals surface area (Å²) in [5, 5.41) is 2.84. The number of halogens is 1. The largest absolute Gasteiger partial charge is 0.325 e. The number of anilines is 1. The molecule has 1 aliphatic heterocycles. The van der Waals surface area contributed by atoms with Gasteiger partial charge in [0.25, 0.3) is 0 Å². The second-order valence-electron chi connectivity index (χ2n) is 5.27. The molecule has 0 unspecified atom stereocenters. The fourth-order valence-corrected chi connectivity index (χ4v) is 3.64. The molecule has 0 aliphatic carbocycles. The van der Waals surface area contributed by atoms with Crippen LogP contribution in [0.25, 0.3) is 0 Å². The molecule has 0 radical (unpaired) electrons. The zero-order valence-corrected chi connectivity index (χ0v) is 13.4. The summed E-state index contributed by atoms with van der Waals surface area (Å²) < 4.78 is 0.930. The molecule has 3 nitrogen and oxygen atoms in total. The molecule has 0 saturated heterocycles. The summed E-state index contributed by atoms with van der Waals surface area (Å²) in [5.41, 5.74) is 1.69. The average molecular weight is 350 g/mol. The minimum absolute atomic E-state index is 0.0151. The molecule has 0 spiro atoms. The van der Waals surface area contributed by atoms with Gasteiger partial charge in [0.05, 0.1) is 14.1 Å². The maximum atomic E-state index is 12.4. The Morgan fingerprint density at radius 2 is 2.00 bits per heavy atom. The predicted octanol–water partition coefficient (Wildman–Crippen LogP) is 3.97. The minimum Gasteiger partial charge on any atom is -0.325 e. The smallest absolute Gasteiger partial charge is 0.234 e. The van der Waals surface area contributed by atoms with Gasteiger partial charge in [-0.25, -0.2) is 0 Å². The van der Waals surface area contributed by atoms with Crippen molar-refractivity contribution in [2.24, 2.45) is 0 Å². The van der Waals surface area contributed by atoms with E-state index >= 15 is 0 Å². The van der Waals surface area contributed by atoms with E-state index in [-0.39, 0.29) is 11.7 Å². The van der Waals surface area contributed by atoms with Crippen molar-refractivity contribution in [1.29, 1.82) is 0 Å². The third-order valence-electron chi connectivity index (χ3n) is 3.57. The number of amides is 1. The van der Waals surface area contributed by atoms with Crippen molar-refractivity contribution in [3.8, 4) is 0 Å². The van der Waals surface area contributed by atoms with Crippen LogP contribution in [0.1, 0.15) is 34.6 Å². The lowest BCUT2D eigenvalue weighted by Crippen LogP contribution is -2.27. The summed E-state index contributed by atoms with van der Waals surface area (Å²) >= 11 is 4.77. The third-order valence-corrected chi connectivity index (χ3v) is 5.19. The molecule has 1 aliphatic rings. The number of benzene rings is 1. The summed E-state index contributed by atoms with van der Waals surface area (Å²) in [6.45, 7) is 3.73. The van der Waals surface area contributed by atoms with E-state index in [0.717, 1.165) is 15.0 Å². The predicted molar refractivity (Wildman–Crippen MR) is 83.5 cm³/mol. The van der Waals surface area contributed by atoms with Gasteiger partial charge in [-0.3, -0.25) is 9.59 Å². The van der Waals surface area contributed by atoms with Crippen molar-refractivity contribution in [3.05, 3.63) is 50.1 Å². The van der Waals surface area contributed by atoms with E-state index in [1.54, 1.807) is 18.2 Å². The van der Waals surface area contributed by atoms with Crippen LogP contribution >= 0.6 is 27.3 Å². The minimum atomic E-state index is -0.596. The summed E-state index contributed by atoms with van der Waals surface area (Å²) in [4.78, 5) is 25.0. The summed E-state index contributed by atoms with van der Waals surface area (Å²) in [7, 11) is 0. The first-order chi connectivity index (χ1) is 9.39. The molecule has 0 atom stereocenters. The molecule has 0 bridgehead atoms.